The lowest BCUT2D eigenvalue weighted by molar-refractivity contribution is 0.0657. The van der Waals surface area contributed by atoms with Crippen molar-refractivity contribution < 1.29 is 9.53 Å². The van der Waals surface area contributed by atoms with Gasteiger partial charge in [0.05, 0.1) is 12.7 Å². The summed E-state index contributed by atoms with van der Waals surface area (Å²) in [6, 6.07) is 5.51. The summed E-state index contributed by atoms with van der Waals surface area (Å²) in [6.07, 6.45) is 0.973. The number of nitrogens with zero attached hydrogens (tertiary/aromatic N) is 1. The van der Waals surface area contributed by atoms with Crippen LogP contribution < -0.4 is 10.5 Å². The average molecular weight is 327 g/mol. The van der Waals surface area contributed by atoms with Gasteiger partial charge in [0.25, 0.3) is 5.91 Å². The number of amides is 1. The molecule has 0 radical (unpaired) electrons. The molecule has 1 fully saturated rings. The van der Waals surface area contributed by atoms with Crippen molar-refractivity contribution in [2.45, 2.75) is 19.4 Å². The molecule has 104 valence electrons. The second-order valence-electron chi connectivity index (χ2n) is 5.16. The fourth-order valence-corrected chi connectivity index (χ4v) is 2.92. The lowest BCUT2D eigenvalue weighted by Crippen LogP contribution is -2.48. The molecule has 2 rings (SSSR count). The molecule has 0 aliphatic carbocycles. The number of methoxy groups -OCH3 is 1. The third-order valence-electron chi connectivity index (χ3n) is 3.37. The summed E-state index contributed by atoms with van der Waals surface area (Å²) >= 11 is 3.38. The largest absolute Gasteiger partial charge is 0.496 e. The van der Waals surface area contributed by atoms with E-state index in [0.29, 0.717) is 23.8 Å². The zero-order valence-corrected chi connectivity index (χ0v) is 12.8. The van der Waals surface area contributed by atoms with E-state index in [1.54, 1.807) is 19.2 Å². The van der Waals surface area contributed by atoms with E-state index in [0.717, 1.165) is 17.4 Å². The highest BCUT2D eigenvalue weighted by molar-refractivity contribution is 9.10. The number of piperidine rings is 1. The number of nitrogens with two attached hydrogens (primary N) is 1. The predicted molar refractivity (Wildman–Crippen MR) is 78.4 cm³/mol. The van der Waals surface area contributed by atoms with Gasteiger partial charge in [0.2, 0.25) is 0 Å². The maximum Gasteiger partial charge on any atom is 0.257 e. The topological polar surface area (TPSA) is 55.6 Å². The van der Waals surface area contributed by atoms with Crippen molar-refractivity contribution in [2.75, 3.05) is 20.2 Å². The van der Waals surface area contributed by atoms with Crippen LogP contribution in [0.3, 0.4) is 0 Å². The Hall–Kier alpha value is -1.07. The van der Waals surface area contributed by atoms with Gasteiger partial charge in [0.1, 0.15) is 5.75 Å². The Morgan fingerprint density at radius 3 is 2.84 bits per heavy atom. The van der Waals surface area contributed by atoms with E-state index in [9.17, 15) is 4.79 Å². The van der Waals surface area contributed by atoms with Crippen LogP contribution in [0.2, 0.25) is 0 Å². The number of hydrogen-bond acceptors (Lipinski definition) is 3. The number of hydrogen-bond donors (Lipinski definition) is 1. The van der Waals surface area contributed by atoms with Crippen molar-refractivity contribution in [3.63, 3.8) is 0 Å². The minimum atomic E-state index is -0.00801. The van der Waals surface area contributed by atoms with Crippen LogP contribution in [0, 0.1) is 5.92 Å². The second kappa shape index (κ2) is 5.92. The summed E-state index contributed by atoms with van der Waals surface area (Å²) in [4.78, 5) is 14.4. The van der Waals surface area contributed by atoms with Gasteiger partial charge in [0.15, 0.2) is 0 Å². The van der Waals surface area contributed by atoms with Crippen LogP contribution in [-0.4, -0.2) is 37.0 Å². The molecular formula is C14H19BrN2O2. The first-order chi connectivity index (χ1) is 9.01. The normalized spacial score (nSPS) is 23.3. The smallest absolute Gasteiger partial charge is 0.257 e. The van der Waals surface area contributed by atoms with Crippen LogP contribution in [-0.2, 0) is 0 Å². The molecule has 1 aliphatic rings. The first kappa shape index (κ1) is 14.3. The molecule has 1 aromatic carbocycles. The summed E-state index contributed by atoms with van der Waals surface area (Å²) in [6.45, 7) is 3.49. The van der Waals surface area contributed by atoms with Gasteiger partial charge < -0.3 is 15.4 Å². The molecule has 0 aromatic heterocycles. The van der Waals surface area contributed by atoms with Crippen molar-refractivity contribution in [1.82, 2.24) is 4.90 Å². The molecule has 4 nitrogen and oxygen atoms in total. The zero-order chi connectivity index (χ0) is 14.0. The highest BCUT2D eigenvalue weighted by atomic mass is 79.9. The summed E-state index contributed by atoms with van der Waals surface area (Å²) in [5.74, 6) is 1.02. The van der Waals surface area contributed by atoms with Gasteiger partial charge in [-0.15, -0.1) is 0 Å². The molecule has 19 heavy (non-hydrogen) atoms. The molecule has 2 N–H and O–H groups in total. The second-order valence-corrected chi connectivity index (χ2v) is 6.07. The molecule has 0 spiro atoms. The van der Waals surface area contributed by atoms with Gasteiger partial charge in [0, 0.05) is 23.6 Å². The Morgan fingerprint density at radius 1 is 1.47 bits per heavy atom. The minimum absolute atomic E-state index is 0.00801. The molecule has 5 heteroatoms. The van der Waals surface area contributed by atoms with Crippen molar-refractivity contribution in [1.29, 1.82) is 0 Å². The van der Waals surface area contributed by atoms with Crippen molar-refractivity contribution in [2.24, 2.45) is 11.7 Å². The standard InChI is InChI=1S/C14H19BrN2O2/c1-9-5-11(16)8-17(7-9)14(18)12-4-3-10(15)6-13(12)19-2/h3-4,6,9,11H,5,7-8,16H2,1-2H3. The number of carbonyl (C=O) groups is 1. The van der Waals surface area contributed by atoms with E-state index in [4.69, 9.17) is 10.5 Å². The number of halogens is 1. The van der Waals surface area contributed by atoms with E-state index < -0.39 is 0 Å². The van der Waals surface area contributed by atoms with E-state index in [1.807, 2.05) is 11.0 Å². The lowest BCUT2D eigenvalue weighted by Gasteiger charge is -2.35. The monoisotopic (exact) mass is 326 g/mol. The van der Waals surface area contributed by atoms with Gasteiger partial charge in [-0.1, -0.05) is 22.9 Å². The molecule has 2 atom stereocenters. The molecule has 0 bridgehead atoms. The lowest BCUT2D eigenvalue weighted by atomic mass is 9.96. The molecule has 2 unspecified atom stereocenters. The number of benzene rings is 1. The Labute approximate surface area is 122 Å². The van der Waals surface area contributed by atoms with Crippen molar-refractivity contribution in [3.8, 4) is 5.75 Å². The number of carbonyl (C=O) groups excluding carboxylic acids is 1. The Bertz CT molecular complexity index is 469. The highest BCUT2D eigenvalue weighted by Crippen LogP contribution is 2.26. The summed E-state index contributed by atoms with van der Waals surface area (Å²) in [5.41, 5.74) is 6.58. The number of ether oxygens (including phenoxy) is 1. The molecule has 0 saturated carbocycles. The Kier molecular flexibility index (Phi) is 4.47. The van der Waals surface area contributed by atoms with Gasteiger partial charge in [-0.05, 0) is 30.5 Å². The predicted octanol–water partition coefficient (Wildman–Crippen LogP) is 2.27. The molecule has 1 heterocycles. The Morgan fingerprint density at radius 2 is 2.21 bits per heavy atom. The van der Waals surface area contributed by atoms with Gasteiger partial charge >= 0.3 is 0 Å². The number of likely N-dealkylation sites (tertiary alicyclic amines) is 1. The summed E-state index contributed by atoms with van der Waals surface area (Å²) in [7, 11) is 1.57. The summed E-state index contributed by atoms with van der Waals surface area (Å²) < 4.78 is 6.18. The first-order valence-corrected chi connectivity index (χ1v) is 7.19. The molecule has 1 amide bonds. The van der Waals surface area contributed by atoms with Crippen LogP contribution in [0.25, 0.3) is 0 Å². The van der Waals surface area contributed by atoms with E-state index >= 15 is 0 Å². The average Bonchev–Trinajstić information content (AvgIpc) is 2.36. The van der Waals surface area contributed by atoms with E-state index in [2.05, 4.69) is 22.9 Å². The van der Waals surface area contributed by atoms with Crippen LogP contribution in [0.1, 0.15) is 23.7 Å². The SMILES string of the molecule is COc1cc(Br)ccc1C(=O)N1CC(C)CC(N)C1. The van der Waals surface area contributed by atoms with Crippen LogP contribution in [0.5, 0.6) is 5.75 Å². The van der Waals surface area contributed by atoms with E-state index in [1.165, 1.54) is 0 Å². The minimum Gasteiger partial charge on any atom is -0.496 e. The van der Waals surface area contributed by atoms with Gasteiger partial charge in [-0.2, -0.15) is 0 Å². The number of rotatable bonds is 2. The highest BCUT2D eigenvalue weighted by Gasteiger charge is 2.27. The molecule has 1 aliphatic heterocycles. The van der Waals surface area contributed by atoms with Gasteiger partial charge in [-0.3, -0.25) is 4.79 Å². The first-order valence-electron chi connectivity index (χ1n) is 6.39. The Balaban J connectivity index is 2.24. The van der Waals surface area contributed by atoms with Crippen LogP contribution in [0.4, 0.5) is 0 Å². The van der Waals surface area contributed by atoms with Crippen molar-refractivity contribution >= 4 is 21.8 Å². The third kappa shape index (κ3) is 3.28. The summed E-state index contributed by atoms with van der Waals surface area (Å²) in [5, 5.41) is 0. The quantitative estimate of drug-likeness (QED) is 0.907. The third-order valence-corrected chi connectivity index (χ3v) is 3.87. The molecule has 1 saturated heterocycles. The maximum absolute atomic E-state index is 12.6. The zero-order valence-electron chi connectivity index (χ0n) is 11.2. The molecule has 1 aromatic rings. The fourth-order valence-electron chi connectivity index (χ4n) is 2.58. The van der Waals surface area contributed by atoms with Crippen molar-refractivity contribution in [3.05, 3.63) is 28.2 Å². The molecular weight excluding hydrogens is 308 g/mol. The van der Waals surface area contributed by atoms with Crippen LogP contribution >= 0.6 is 15.9 Å². The fraction of sp³-hybridized carbons (Fsp3) is 0.500. The maximum atomic E-state index is 12.6. The van der Waals surface area contributed by atoms with Gasteiger partial charge in [-0.25, -0.2) is 0 Å². The van der Waals surface area contributed by atoms with E-state index in [-0.39, 0.29) is 11.9 Å². The van der Waals surface area contributed by atoms with Crippen LogP contribution in [0.15, 0.2) is 22.7 Å².